The first-order chi connectivity index (χ1) is 10.2. The second-order valence-electron chi connectivity index (χ2n) is 5.79. The van der Waals surface area contributed by atoms with Crippen LogP contribution >= 0.6 is 0 Å². The summed E-state index contributed by atoms with van der Waals surface area (Å²) in [4.78, 5) is 10.7. The molecule has 0 aliphatic heterocycles. The maximum absolute atomic E-state index is 10.7. The molecular weight excluding hydrogens is 264 g/mol. The van der Waals surface area contributed by atoms with Crippen molar-refractivity contribution in [3.8, 4) is 11.3 Å². The Hall–Kier alpha value is -2.03. The molecule has 1 fully saturated rings. The zero-order valence-corrected chi connectivity index (χ0v) is 12.0. The molecule has 0 spiro atoms. The van der Waals surface area contributed by atoms with Crippen molar-refractivity contribution in [3.05, 3.63) is 47.7 Å². The molecule has 1 N–H and O–H groups in total. The minimum absolute atomic E-state index is 0.0693. The lowest BCUT2D eigenvalue weighted by molar-refractivity contribution is -0.136. The van der Waals surface area contributed by atoms with E-state index >= 15 is 0 Å². The van der Waals surface area contributed by atoms with Crippen molar-refractivity contribution in [2.75, 3.05) is 0 Å². The van der Waals surface area contributed by atoms with Crippen LogP contribution in [-0.4, -0.2) is 11.1 Å². The van der Waals surface area contributed by atoms with E-state index in [1.807, 2.05) is 6.07 Å². The first-order valence-corrected chi connectivity index (χ1v) is 7.63. The minimum atomic E-state index is -0.872. The van der Waals surface area contributed by atoms with Crippen LogP contribution in [-0.2, 0) is 11.2 Å². The lowest BCUT2D eigenvalue weighted by atomic mass is 9.84. The fourth-order valence-electron chi connectivity index (χ4n) is 3.13. The molecule has 3 rings (SSSR count). The largest absolute Gasteiger partial charge is 0.481 e. The molecule has 1 aliphatic rings. The number of hydrogen-bond acceptors (Lipinski definition) is 2. The predicted octanol–water partition coefficient (Wildman–Crippen LogP) is 4.62. The van der Waals surface area contributed by atoms with E-state index in [2.05, 4.69) is 24.3 Å². The van der Waals surface area contributed by atoms with Crippen molar-refractivity contribution in [1.29, 1.82) is 0 Å². The third-order valence-corrected chi connectivity index (χ3v) is 4.26. The van der Waals surface area contributed by atoms with Crippen LogP contribution in [0.4, 0.5) is 0 Å². The zero-order chi connectivity index (χ0) is 14.7. The average molecular weight is 284 g/mol. The quantitative estimate of drug-likeness (QED) is 0.891. The number of benzene rings is 1. The Morgan fingerprint density at radius 3 is 2.43 bits per heavy atom. The van der Waals surface area contributed by atoms with Gasteiger partial charge in [-0.1, -0.05) is 43.5 Å². The fourth-order valence-corrected chi connectivity index (χ4v) is 3.13. The lowest BCUT2D eigenvalue weighted by Crippen LogP contribution is -2.04. The van der Waals surface area contributed by atoms with Crippen LogP contribution in [0.3, 0.4) is 0 Å². The van der Waals surface area contributed by atoms with Gasteiger partial charge in [0, 0.05) is 5.56 Å². The number of rotatable bonds is 4. The van der Waals surface area contributed by atoms with Gasteiger partial charge in [-0.25, -0.2) is 0 Å². The first kappa shape index (κ1) is 13.9. The van der Waals surface area contributed by atoms with E-state index in [0.717, 1.165) is 11.3 Å². The maximum Gasteiger partial charge on any atom is 0.311 e. The molecule has 0 saturated heterocycles. The summed E-state index contributed by atoms with van der Waals surface area (Å²) < 4.78 is 5.59. The highest BCUT2D eigenvalue weighted by Crippen LogP contribution is 2.33. The normalized spacial score (nSPS) is 16.0. The number of hydrogen-bond donors (Lipinski definition) is 1. The van der Waals surface area contributed by atoms with Crippen LogP contribution in [0.25, 0.3) is 11.3 Å². The van der Waals surface area contributed by atoms with Crippen molar-refractivity contribution < 1.29 is 14.3 Å². The van der Waals surface area contributed by atoms with E-state index in [0.29, 0.717) is 11.7 Å². The molecule has 21 heavy (non-hydrogen) atoms. The highest BCUT2D eigenvalue weighted by molar-refractivity contribution is 5.69. The van der Waals surface area contributed by atoms with Gasteiger partial charge in [-0.15, -0.1) is 0 Å². The SMILES string of the molecule is O=C(O)Cc1ccc(-c2ccc(C3CCCCC3)cc2)o1. The molecule has 1 heterocycles. The summed E-state index contributed by atoms with van der Waals surface area (Å²) in [6.45, 7) is 0. The van der Waals surface area contributed by atoms with Gasteiger partial charge in [-0.3, -0.25) is 4.79 Å². The average Bonchev–Trinajstić information content (AvgIpc) is 2.96. The summed E-state index contributed by atoms with van der Waals surface area (Å²) in [6, 6.07) is 12.1. The number of aliphatic carboxylic acids is 1. The molecule has 1 aromatic carbocycles. The van der Waals surface area contributed by atoms with Crippen molar-refractivity contribution in [1.82, 2.24) is 0 Å². The summed E-state index contributed by atoms with van der Waals surface area (Å²) >= 11 is 0. The van der Waals surface area contributed by atoms with Gasteiger partial charge in [0.25, 0.3) is 0 Å². The predicted molar refractivity (Wildman–Crippen MR) is 81.3 cm³/mol. The van der Waals surface area contributed by atoms with Crippen LogP contribution in [0, 0.1) is 0 Å². The number of furan rings is 1. The smallest absolute Gasteiger partial charge is 0.311 e. The van der Waals surface area contributed by atoms with E-state index in [1.165, 1.54) is 37.7 Å². The molecule has 1 aromatic heterocycles. The third-order valence-electron chi connectivity index (χ3n) is 4.26. The summed E-state index contributed by atoms with van der Waals surface area (Å²) in [5.74, 6) is 1.06. The van der Waals surface area contributed by atoms with E-state index in [-0.39, 0.29) is 6.42 Å². The van der Waals surface area contributed by atoms with Gasteiger partial charge in [0.15, 0.2) is 0 Å². The second kappa shape index (κ2) is 6.17. The standard InChI is InChI=1S/C18H20O3/c19-18(20)12-16-10-11-17(21-16)15-8-6-14(7-9-15)13-4-2-1-3-5-13/h6-11,13H,1-5,12H2,(H,19,20). The van der Waals surface area contributed by atoms with E-state index in [1.54, 1.807) is 6.07 Å². The zero-order valence-electron chi connectivity index (χ0n) is 12.0. The van der Waals surface area contributed by atoms with Gasteiger partial charge >= 0.3 is 5.97 Å². The summed E-state index contributed by atoms with van der Waals surface area (Å²) in [5, 5.41) is 8.77. The number of carboxylic acids is 1. The number of carbonyl (C=O) groups is 1. The van der Waals surface area contributed by atoms with Gasteiger partial charge in [-0.05, 0) is 36.5 Å². The van der Waals surface area contributed by atoms with Crippen LogP contribution < -0.4 is 0 Å². The van der Waals surface area contributed by atoms with Crippen molar-refractivity contribution >= 4 is 5.97 Å². The molecule has 2 aromatic rings. The minimum Gasteiger partial charge on any atom is -0.481 e. The summed E-state index contributed by atoms with van der Waals surface area (Å²) in [6.07, 6.45) is 6.56. The molecule has 0 amide bonds. The number of carboxylic acid groups (broad SMARTS) is 1. The maximum atomic E-state index is 10.7. The van der Waals surface area contributed by atoms with Gasteiger partial charge in [0.1, 0.15) is 17.9 Å². The molecule has 110 valence electrons. The Bertz CT molecular complexity index is 604. The molecule has 3 heteroatoms. The third kappa shape index (κ3) is 3.35. The Labute approximate surface area is 124 Å². The Balaban J connectivity index is 1.74. The van der Waals surface area contributed by atoms with Crippen LogP contribution in [0.1, 0.15) is 49.3 Å². The Morgan fingerprint density at radius 2 is 1.76 bits per heavy atom. The van der Waals surface area contributed by atoms with Crippen LogP contribution in [0.2, 0.25) is 0 Å². The van der Waals surface area contributed by atoms with Crippen molar-refractivity contribution in [2.24, 2.45) is 0 Å². The van der Waals surface area contributed by atoms with Gasteiger partial charge in [0.05, 0.1) is 0 Å². The van der Waals surface area contributed by atoms with Crippen LogP contribution in [0.5, 0.6) is 0 Å². The first-order valence-electron chi connectivity index (χ1n) is 7.63. The van der Waals surface area contributed by atoms with E-state index in [4.69, 9.17) is 9.52 Å². The monoisotopic (exact) mass is 284 g/mol. The van der Waals surface area contributed by atoms with Gasteiger partial charge in [-0.2, -0.15) is 0 Å². The second-order valence-corrected chi connectivity index (χ2v) is 5.79. The molecule has 3 nitrogen and oxygen atoms in total. The lowest BCUT2D eigenvalue weighted by Gasteiger charge is -2.21. The fraction of sp³-hybridized carbons (Fsp3) is 0.389. The van der Waals surface area contributed by atoms with E-state index < -0.39 is 5.97 Å². The van der Waals surface area contributed by atoms with Crippen molar-refractivity contribution in [3.63, 3.8) is 0 Å². The molecule has 0 atom stereocenters. The topological polar surface area (TPSA) is 50.4 Å². The summed E-state index contributed by atoms with van der Waals surface area (Å²) in [7, 11) is 0. The van der Waals surface area contributed by atoms with E-state index in [9.17, 15) is 4.79 Å². The molecule has 0 unspecified atom stereocenters. The molecule has 1 aliphatic carbocycles. The molecular formula is C18H20O3. The summed E-state index contributed by atoms with van der Waals surface area (Å²) in [5.41, 5.74) is 2.42. The highest BCUT2D eigenvalue weighted by atomic mass is 16.4. The van der Waals surface area contributed by atoms with Crippen molar-refractivity contribution in [2.45, 2.75) is 44.4 Å². The van der Waals surface area contributed by atoms with Crippen LogP contribution in [0.15, 0.2) is 40.8 Å². The molecule has 1 saturated carbocycles. The highest BCUT2D eigenvalue weighted by Gasteiger charge is 2.15. The molecule has 0 radical (unpaired) electrons. The molecule has 0 bridgehead atoms. The Kier molecular flexibility index (Phi) is 4.09. The van der Waals surface area contributed by atoms with Gasteiger partial charge in [0.2, 0.25) is 0 Å². The Morgan fingerprint density at radius 1 is 1.05 bits per heavy atom. The van der Waals surface area contributed by atoms with Gasteiger partial charge < -0.3 is 9.52 Å².